The molecule has 0 saturated carbocycles. The lowest BCUT2D eigenvalue weighted by Crippen LogP contribution is -2.46. The number of esters is 1. The molecule has 2 rings (SSSR count). The van der Waals surface area contributed by atoms with Gasteiger partial charge < -0.3 is 15.0 Å². The molecule has 0 aromatic heterocycles. The lowest BCUT2D eigenvalue weighted by Gasteiger charge is -2.32. The molecule has 1 aromatic rings. The summed E-state index contributed by atoms with van der Waals surface area (Å²) in [7, 11) is 1.35. The van der Waals surface area contributed by atoms with Gasteiger partial charge in [-0.15, -0.1) is 11.8 Å². The quantitative estimate of drug-likeness (QED) is 0.812. The van der Waals surface area contributed by atoms with Gasteiger partial charge in [-0.2, -0.15) is 0 Å². The molecule has 6 nitrogen and oxygen atoms in total. The summed E-state index contributed by atoms with van der Waals surface area (Å²) in [6.07, 6.45) is 0.169. The Morgan fingerprint density at radius 2 is 2.04 bits per heavy atom. The highest BCUT2D eigenvalue weighted by Gasteiger charge is 2.30. The van der Waals surface area contributed by atoms with Crippen LogP contribution in [0.5, 0.6) is 0 Å². The standard InChI is InChI=1S/C17H22N2O4S/c1-12(20)18-14(13-6-4-3-5-7-13)10-16(21)19-8-9-24-15(11-19)17(22)23-2/h3-7,14-15H,8-11H2,1-2H3,(H,18,20)/t14-,15+/m1/s1. The van der Waals surface area contributed by atoms with E-state index in [1.165, 1.54) is 25.8 Å². The summed E-state index contributed by atoms with van der Waals surface area (Å²) in [5.41, 5.74) is 0.886. The number of hydrogen-bond acceptors (Lipinski definition) is 5. The van der Waals surface area contributed by atoms with E-state index < -0.39 is 0 Å². The Bertz CT molecular complexity index is 594. The molecule has 2 atom stereocenters. The van der Waals surface area contributed by atoms with Gasteiger partial charge in [-0.05, 0) is 5.56 Å². The van der Waals surface area contributed by atoms with Crippen LogP contribution in [0.1, 0.15) is 24.9 Å². The third kappa shape index (κ3) is 4.99. The van der Waals surface area contributed by atoms with E-state index in [4.69, 9.17) is 4.74 Å². The van der Waals surface area contributed by atoms with Crippen molar-refractivity contribution in [3.8, 4) is 0 Å². The summed E-state index contributed by atoms with van der Waals surface area (Å²) in [4.78, 5) is 37.5. The van der Waals surface area contributed by atoms with Gasteiger partial charge in [0.1, 0.15) is 5.25 Å². The molecule has 0 unspecified atom stereocenters. The topological polar surface area (TPSA) is 75.7 Å². The average molecular weight is 350 g/mol. The first-order valence-electron chi connectivity index (χ1n) is 7.80. The van der Waals surface area contributed by atoms with Crippen LogP contribution in [-0.2, 0) is 19.1 Å². The Balaban J connectivity index is 2.04. The van der Waals surface area contributed by atoms with Crippen LogP contribution in [0.15, 0.2) is 30.3 Å². The van der Waals surface area contributed by atoms with Crippen molar-refractivity contribution in [1.29, 1.82) is 0 Å². The second-order valence-corrected chi connectivity index (χ2v) is 6.90. The minimum Gasteiger partial charge on any atom is -0.468 e. The van der Waals surface area contributed by atoms with Crippen molar-refractivity contribution in [1.82, 2.24) is 10.2 Å². The number of benzene rings is 1. The van der Waals surface area contributed by atoms with Crippen LogP contribution in [-0.4, -0.2) is 53.9 Å². The summed E-state index contributed by atoms with van der Waals surface area (Å²) in [6, 6.07) is 9.04. The molecule has 130 valence electrons. The number of ether oxygens (including phenoxy) is 1. The number of carbonyl (C=O) groups is 3. The zero-order chi connectivity index (χ0) is 17.5. The fourth-order valence-corrected chi connectivity index (χ4v) is 3.76. The van der Waals surface area contributed by atoms with Gasteiger partial charge in [0.15, 0.2) is 0 Å². The largest absolute Gasteiger partial charge is 0.468 e. The first kappa shape index (κ1) is 18.3. The van der Waals surface area contributed by atoms with Crippen LogP contribution in [0.4, 0.5) is 0 Å². The summed E-state index contributed by atoms with van der Waals surface area (Å²) >= 11 is 1.50. The molecule has 1 aliphatic rings. The second kappa shape index (κ2) is 8.73. The normalized spacial score (nSPS) is 18.6. The Morgan fingerprint density at radius 3 is 2.67 bits per heavy atom. The van der Waals surface area contributed by atoms with Gasteiger partial charge in [0, 0.05) is 25.8 Å². The fraction of sp³-hybridized carbons (Fsp3) is 0.471. The highest BCUT2D eigenvalue weighted by atomic mass is 32.2. The molecule has 0 bridgehead atoms. The van der Waals surface area contributed by atoms with Crippen LogP contribution in [0, 0.1) is 0 Å². The second-order valence-electron chi connectivity index (χ2n) is 5.59. The maximum atomic E-state index is 12.6. The van der Waals surface area contributed by atoms with E-state index in [1.807, 2.05) is 30.3 Å². The van der Waals surface area contributed by atoms with Crippen LogP contribution < -0.4 is 5.32 Å². The number of thioether (sulfide) groups is 1. The SMILES string of the molecule is COC(=O)[C@@H]1CN(C(=O)C[C@@H](NC(C)=O)c2ccccc2)CCS1. The number of hydrogen-bond donors (Lipinski definition) is 1. The van der Waals surface area contributed by atoms with Crippen molar-refractivity contribution in [2.45, 2.75) is 24.6 Å². The summed E-state index contributed by atoms with van der Waals surface area (Å²) in [5.74, 6) is 0.130. The number of nitrogens with zero attached hydrogens (tertiary/aromatic N) is 1. The third-order valence-electron chi connectivity index (χ3n) is 3.84. The molecular weight excluding hydrogens is 328 g/mol. The van der Waals surface area contributed by atoms with Gasteiger partial charge in [-0.3, -0.25) is 14.4 Å². The number of methoxy groups -OCH3 is 1. The highest BCUT2D eigenvalue weighted by Crippen LogP contribution is 2.23. The van der Waals surface area contributed by atoms with E-state index >= 15 is 0 Å². The van der Waals surface area contributed by atoms with Crippen LogP contribution >= 0.6 is 11.8 Å². The molecule has 2 amide bonds. The summed E-state index contributed by atoms with van der Waals surface area (Å²) < 4.78 is 4.77. The predicted molar refractivity (Wildman–Crippen MR) is 92.5 cm³/mol. The molecule has 1 aromatic carbocycles. The van der Waals surface area contributed by atoms with Gasteiger partial charge in [0.05, 0.1) is 19.6 Å². The highest BCUT2D eigenvalue weighted by molar-refractivity contribution is 8.00. The van der Waals surface area contributed by atoms with Gasteiger partial charge in [0.25, 0.3) is 0 Å². The lowest BCUT2D eigenvalue weighted by molar-refractivity contribution is -0.141. The predicted octanol–water partition coefficient (Wildman–Crippen LogP) is 1.37. The van der Waals surface area contributed by atoms with Crippen molar-refractivity contribution in [2.24, 2.45) is 0 Å². The Morgan fingerprint density at radius 1 is 1.33 bits per heavy atom. The zero-order valence-corrected chi connectivity index (χ0v) is 14.7. The zero-order valence-electron chi connectivity index (χ0n) is 13.9. The van der Waals surface area contributed by atoms with Crippen LogP contribution in [0.25, 0.3) is 0 Å². The van der Waals surface area contributed by atoms with E-state index in [1.54, 1.807) is 4.90 Å². The Hall–Kier alpha value is -2.02. The van der Waals surface area contributed by atoms with E-state index in [0.717, 1.165) is 5.56 Å². The number of rotatable bonds is 5. The minimum absolute atomic E-state index is 0.0770. The van der Waals surface area contributed by atoms with E-state index in [-0.39, 0.29) is 35.5 Å². The van der Waals surface area contributed by atoms with Gasteiger partial charge in [0.2, 0.25) is 11.8 Å². The average Bonchev–Trinajstić information content (AvgIpc) is 2.61. The molecule has 0 aliphatic carbocycles. The summed E-state index contributed by atoms with van der Waals surface area (Å²) in [6.45, 7) is 2.38. The maximum Gasteiger partial charge on any atom is 0.320 e. The van der Waals surface area contributed by atoms with Crippen molar-refractivity contribution in [3.05, 3.63) is 35.9 Å². The number of amides is 2. The fourth-order valence-electron chi connectivity index (χ4n) is 2.64. The Kier molecular flexibility index (Phi) is 6.66. The van der Waals surface area contributed by atoms with Crippen LogP contribution in [0.2, 0.25) is 0 Å². The van der Waals surface area contributed by atoms with Gasteiger partial charge in [-0.25, -0.2) is 0 Å². The molecule has 24 heavy (non-hydrogen) atoms. The van der Waals surface area contributed by atoms with Crippen molar-refractivity contribution >= 4 is 29.5 Å². The smallest absolute Gasteiger partial charge is 0.320 e. The van der Waals surface area contributed by atoms with Crippen molar-refractivity contribution < 1.29 is 19.1 Å². The van der Waals surface area contributed by atoms with Crippen molar-refractivity contribution in [3.63, 3.8) is 0 Å². The number of nitrogens with one attached hydrogen (secondary N) is 1. The third-order valence-corrected chi connectivity index (χ3v) is 5.00. The van der Waals surface area contributed by atoms with E-state index in [0.29, 0.717) is 18.8 Å². The molecular formula is C17H22N2O4S. The molecule has 1 fully saturated rings. The van der Waals surface area contributed by atoms with E-state index in [9.17, 15) is 14.4 Å². The molecule has 0 spiro atoms. The molecule has 1 N–H and O–H groups in total. The molecule has 0 radical (unpaired) electrons. The molecule has 7 heteroatoms. The molecule has 1 aliphatic heterocycles. The van der Waals surface area contributed by atoms with Gasteiger partial charge >= 0.3 is 5.97 Å². The lowest BCUT2D eigenvalue weighted by atomic mass is 10.0. The monoisotopic (exact) mass is 350 g/mol. The maximum absolute atomic E-state index is 12.6. The van der Waals surface area contributed by atoms with Crippen LogP contribution in [0.3, 0.4) is 0 Å². The Labute approximate surface area is 145 Å². The first-order chi connectivity index (χ1) is 11.5. The van der Waals surface area contributed by atoms with Crippen molar-refractivity contribution in [2.75, 3.05) is 26.0 Å². The first-order valence-corrected chi connectivity index (χ1v) is 8.85. The minimum atomic E-state index is -0.373. The summed E-state index contributed by atoms with van der Waals surface area (Å²) in [5, 5.41) is 2.48. The number of carbonyl (C=O) groups excluding carboxylic acids is 3. The molecule has 1 heterocycles. The molecule has 1 saturated heterocycles. The van der Waals surface area contributed by atoms with Gasteiger partial charge in [-0.1, -0.05) is 30.3 Å². The van der Waals surface area contributed by atoms with E-state index in [2.05, 4.69) is 5.32 Å².